The van der Waals surface area contributed by atoms with E-state index in [1.165, 1.54) is 5.56 Å². The Bertz CT molecular complexity index is 455. The molecule has 0 amide bonds. The molecule has 0 saturated carbocycles. The summed E-state index contributed by atoms with van der Waals surface area (Å²) >= 11 is 0. The highest BCUT2D eigenvalue weighted by Crippen LogP contribution is 2.41. The highest BCUT2D eigenvalue weighted by atomic mass is 16.5. The summed E-state index contributed by atoms with van der Waals surface area (Å²) in [6.45, 7) is 2.49. The molecule has 2 heterocycles. The third kappa shape index (κ3) is 2.24. The second-order valence-electron chi connectivity index (χ2n) is 5.59. The Labute approximate surface area is 113 Å². The molecule has 1 aromatic rings. The van der Waals surface area contributed by atoms with Crippen LogP contribution >= 0.6 is 0 Å². The molecule has 4 nitrogen and oxygen atoms in total. The summed E-state index contributed by atoms with van der Waals surface area (Å²) in [6, 6.07) is 5.95. The molecule has 19 heavy (non-hydrogen) atoms. The van der Waals surface area contributed by atoms with Gasteiger partial charge in [-0.2, -0.15) is 0 Å². The van der Waals surface area contributed by atoms with Gasteiger partial charge in [0, 0.05) is 25.0 Å². The van der Waals surface area contributed by atoms with Crippen LogP contribution in [0.5, 0.6) is 5.75 Å². The van der Waals surface area contributed by atoms with Crippen LogP contribution in [0.4, 0.5) is 0 Å². The fourth-order valence-corrected chi connectivity index (χ4v) is 3.09. The minimum Gasteiger partial charge on any atom is -0.493 e. The van der Waals surface area contributed by atoms with E-state index in [1.807, 2.05) is 12.1 Å². The smallest absolute Gasteiger partial charge is 0.122 e. The lowest BCUT2D eigenvalue weighted by Crippen LogP contribution is -2.43. The first-order valence-corrected chi connectivity index (χ1v) is 6.97. The third-order valence-electron chi connectivity index (χ3n) is 4.37. The molecule has 2 aliphatic heterocycles. The van der Waals surface area contributed by atoms with Gasteiger partial charge in [-0.1, -0.05) is 6.07 Å². The van der Waals surface area contributed by atoms with Crippen LogP contribution < -0.4 is 10.5 Å². The summed E-state index contributed by atoms with van der Waals surface area (Å²) in [7, 11) is 0. The van der Waals surface area contributed by atoms with Crippen LogP contribution in [0.2, 0.25) is 0 Å². The van der Waals surface area contributed by atoms with Gasteiger partial charge in [-0.25, -0.2) is 0 Å². The SMILES string of the molecule is NCC1(C(O)c2ccc3c(c2)CCO3)CCCOC1. The van der Waals surface area contributed by atoms with Gasteiger partial charge in [0.2, 0.25) is 0 Å². The zero-order chi connectivity index (χ0) is 13.3. The number of rotatable bonds is 3. The Kier molecular flexibility index (Phi) is 3.48. The first kappa shape index (κ1) is 12.9. The van der Waals surface area contributed by atoms with Gasteiger partial charge in [0.1, 0.15) is 5.75 Å². The minimum absolute atomic E-state index is 0.341. The number of hydrogen-bond acceptors (Lipinski definition) is 4. The van der Waals surface area contributed by atoms with Crippen molar-refractivity contribution in [1.82, 2.24) is 0 Å². The lowest BCUT2D eigenvalue weighted by Gasteiger charge is -2.40. The van der Waals surface area contributed by atoms with Crippen molar-refractivity contribution in [2.75, 3.05) is 26.4 Å². The van der Waals surface area contributed by atoms with Crippen molar-refractivity contribution in [2.45, 2.75) is 25.4 Å². The number of nitrogens with two attached hydrogens (primary N) is 1. The van der Waals surface area contributed by atoms with E-state index in [-0.39, 0.29) is 5.41 Å². The summed E-state index contributed by atoms with van der Waals surface area (Å²) < 4.78 is 11.0. The number of ether oxygens (including phenoxy) is 2. The molecule has 0 aliphatic carbocycles. The Morgan fingerprint density at radius 2 is 2.26 bits per heavy atom. The number of hydrogen-bond donors (Lipinski definition) is 2. The van der Waals surface area contributed by atoms with Crippen LogP contribution in [-0.2, 0) is 11.2 Å². The minimum atomic E-state index is -0.566. The maximum atomic E-state index is 10.7. The Hall–Kier alpha value is -1.10. The molecule has 1 fully saturated rings. The van der Waals surface area contributed by atoms with Crippen LogP contribution in [0.15, 0.2) is 18.2 Å². The van der Waals surface area contributed by atoms with Crippen molar-refractivity contribution in [1.29, 1.82) is 0 Å². The number of aliphatic hydroxyl groups excluding tert-OH is 1. The summed E-state index contributed by atoms with van der Waals surface area (Å²) in [4.78, 5) is 0. The average Bonchev–Trinajstić information content (AvgIpc) is 2.94. The Morgan fingerprint density at radius 3 is 3.00 bits per heavy atom. The van der Waals surface area contributed by atoms with E-state index >= 15 is 0 Å². The first-order chi connectivity index (χ1) is 9.25. The van der Waals surface area contributed by atoms with Crippen LogP contribution in [0, 0.1) is 5.41 Å². The maximum Gasteiger partial charge on any atom is 0.122 e. The van der Waals surface area contributed by atoms with Crippen molar-refractivity contribution < 1.29 is 14.6 Å². The highest BCUT2D eigenvalue weighted by molar-refractivity contribution is 5.41. The second-order valence-corrected chi connectivity index (χ2v) is 5.59. The fraction of sp³-hybridized carbons (Fsp3) is 0.600. The topological polar surface area (TPSA) is 64.7 Å². The molecule has 4 heteroatoms. The molecule has 0 spiro atoms. The molecular weight excluding hydrogens is 242 g/mol. The van der Waals surface area contributed by atoms with Gasteiger partial charge in [-0.05, 0) is 36.1 Å². The van der Waals surface area contributed by atoms with Gasteiger partial charge in [-0.15, -0.1) is 0 Å². The summed E-state index contributed by atoms with van der Waals surface area (Å²) in [5.41, 5.74) is 7.69. The third-order valence-corrected chi connectivity index (χ3v) is 4.37. The molecule has 0 bridgehead atoms. The van der Waals surface area contributed by atoms with E-state index in [1.54, 1.807) is 0 Å². The Balaban J connectivity index is 1.87. The number of aliphatic hydroxyl groups is 1. The van der Waals surface area contributed by atoms with Crippen LogP contribution in [-0.4, -0.2) is 31.5 Å². The highest BCUT2D eigenvalue weighted by Gasteiger charge is 2.39. The van der Waals surface area contributed by atoms with Gasteiger partial charge in [0.05, 0.1) is 19.3 Å². The van der Waals surface area contributed by atoms with Crippen molar-refractivity contribution in [3.63, 3.8) is 0 Å². The predicted molar refractivity (Wildman–Crippen MR) is 72.1 cm³/mol. The lowest BCUT2D eigenvalue weighted by molar-refractivity contribution is -0.0782. The average molecular weight is 263 g/mol. The van der Waals surface area contributed by atoms with E-state index in [2.05, 4.69) is 6.07 Å². The molecule has 1 aromatic carbocycles. The molecule has 104 valence electrons. The fourth-order valence-electron chi connectivity index (χ4n) is 3.09. The van der Waals surface area contributed by atoms with Gasteiger partial charge in [0.15, 0.2) is 0 Å². The van der Waals surface area contributed by atoms with Gasteiger partial charge in [-0.3, -0.25) is 0 Å². The second kappa shape index (κ2) is 5.12. The van der Waals surface area contributed by atoms with Crippen molar-refractivity contribution in [2.24, 2.45) is 11.1 Å². The van der Waals surface area contributed by atoms with Crippen molar-refractivity contribution in [3.8, 4) is 5.75 Å². The van der Waals surface area contributed by atoms with E-state index in [0.29, 0.717) is 13.2 Å². The van der Waals surface area contributed by atoms with E-state index in [4.69, 9.17) is 15.2 Å². The van der Waals surface area contributed by atoms with E-state index in [9.17, 15) is 5.11 Å². The molecule has 3 N–H and O–H groups in total. The zero-order valence-corrected chi connectivity index (χ0v) is 11.1. The first-order valence-electron chi connectivity index (χ1n) is 6.97. The lowest BCUT2D eigenvalue weighted by atomic mass is 9.74. The number of fused-ring (bicyclic) bond motifs is 1. The quantitative estimate of drug-likeness (QED) is 0.865. The molecule has 2 atom stereocenters. The molecule has 0 aromatic heterocycles. The van der Waals surface area contributed by atoms with Gasteiger partial charge in [0.25, 0.3) is 0 Å². The van der Waals surface area contributed by atoms with E-state index in [0.717, 1.165) is 43.8 Å². The van der Waals surface area contributed by atoms with Crippen LogP contribution in [0.25, 0.3) is 0 Å². The molecular formula is C15H21NO3. The predicted octanol–water partition coefficient (Wildman–Crippen LogP) is 1.41. The van der Waals surface area contributed by atoms with Gasteiger partial charge >= 0.3 is 0 Å². The van der Waals surface area contributed by atoms with Crippen molar-refractivity contribution >= 4 is 0 Å². The Morgan fingerprint density at radius 1 is 1.37 bits per heavy atom. The summed E-state index contributed by atoms with van der Waals surface area (Å²) in [5.74, 6) is 0.942. The standard InChI is InChI=1S/C15H21NO3/c16-9-15(5-1-6-18-10-15)14(17)12-2-3-13-11(8-12)4-7-19-13/h2-3,8,14,17H,1,4-7,9-10,16H2. The molecule has 0 radical (unpaired) electrons. The molecule has 2 aliphatic rings. The largest absolute Gasteiger partial charge is 0.493 e. The monoisotopic (exact) mass is 263 g/mol. The van der Waals surface area contributed by atoms with Gasteiger partial charge < -0.3 is 20.3 Å². The summed E-state index contributed by atoms with van der Waals surface area (Å²) in [6.07, 6.45) is 2.23. The van der Waals surface area contributed by atoms with E-state index < -0.39 is 6.10 Å². The molecule has 3 rings (SSSR count). The maximum absolute atomic E-state index is 10.7. The number of benzene rings is 1. The van der Waals surface area contributed by atoms with Crippen LogP contribution in [0.1, 0.15) is 30.1 Å². The molecule has 2 unspecified atom stereocenters. The van der Waals surface area contributed by atoms with Crippen molar-refractivity contribution in [3.05, 3.63) is 29.3 Å². The normalized spacial score (nSPS) is 27.7. The zero-order valence-electron chi connectivity index (χ0n) is 11.1. The molecule has 1 saturated heterocycles. The summed E-state index contributed by atoms with van der Waals surface area (Å²) in [5, 5.41) is 10.7. The van der Waals surface area contributed by atoms with Crippen LogP contribution in [0.3, 0.4) is 0 Å².